The molecule has 0 saturated carbocycles. The van der Waals surface area contributed by atoms with Crippen molar-refractivity contribution < 1.29 is 35.2 Å². The van der Waals surface area contributed by atoms with Gasteiger partial charge in [-0.15, -0.1) is 0 Å². The van der Waals surface area contributed by atoms with Gasteiger partial charge in [-0.05, 0) is 36.4 Å². The maximum absolute atomic E-state index is 13.2. The van der Waals surface area contributed by atoms with E-state index in [1.54, 1.807) is 0 Å². The van der Waals surface area contributed by atoms with Crippen molar-refractivity contribution in [3.8, 4) is 11.3 Å². The van der Waals surface area contributed by atoms with Crippen molar-refractivity contribution in [2.75, 3.05) is 11.4 Å². The third kappa shape index (κ3) is 5.53. The van der Waals surface area contributed by atoms with Crippen LogP contribution in [0.15, 0.2) is 53.1 Å². The topological polar surface area (TPSA) is 33.6 Å². The molecule has 3 rings (SSSR count). The number of oxazole rings is 1. The van der Waals surface area contributed by atoms with E-state index >= 15 is 0 Å². The van der Waals surface area contributed by atoms with Crippen LogP contribution in [0.4, 0.5) is 42.1 Å². The summed E-state index contributed by atoms with van der Waals surface area (Å²) in [6.45, 7) is 4.69. The third-order valence-electron chi connectivity index (χ3n) is 4.15. The first-order valence-electron chi connectivity index (χ1n) is 8.57. The van der Waals surface area contributed by atoms with Crippen LogP contribution in [0.2, 0.25) is 0 Å². The van der Waals surface area contributed by atoms with Crippen LogP contribution in [-0.4, -0.2) is 17.7 Å². The molecule has 0 aliphatic carbocycles. The summed E-state index contributed by atoms with van der Waals surface area (Å²) in [6.07, 6.45) is -8.43. The van der Waals surface area contributed by atoms with Crippen molar-refractivity contribution in [2.24, 2.45) is 0 Å². The lowest BCUT2D eigenvalue weighted by atomic mass is 10.1. The highest BCUT2D eigenvalue weighted by molar-refractivity contribution is 5.62. The molecule has 0 atom stereocenters. The van der Waals surface area contributed by atoms with Gasteiger partial charge in [-0.3, -0.25) is 0 Å². The minimum atomic E-state index is -4.92. The highest BCUT2D eigenvalue weighted by Crippen LogP contribution is 2.39. The van der Waals surface area contributed by atoms with Gasteiger partial charge in [0, 0.05) is 11.3 Å². The summed E-state index contributed by atoms with van der Waals surface area (Å²) in [7, 11) is 0. The molecular formula is C20H12F7N3O. The lowest BCUT2D eigenvalue weighted by Gasteiger charge is -2.25. The average molecular weight is 443 g/mol. The summed E-state index contributed by atoms with van der Waals surface area (Å²) < 4.78 is 97.4. The van der Waals surface area contributed by atoms with E-state index in [0.717, 1.165) is 24.3 Å². The number of aromatic nitrogens is 1. The van der Waals surface area contributed by atoms with E-state index in [1.165, 1.54) is 18.3 Å². The number of hydrogen-bond acceptors (Lipinski definition) is 3. The van der Waals surface area contributed by atoms with E-state index in [-0.39, 0.29) is 11.7 Å². The van der Waals surface area contributed by atoms with Gasteiger partial charge in [-0.1, -0.05) is 6.07 Å². The van der Waals surface area contributed by atoms with Crippen LogP contribution in [-0.2, 0) is 12.7 Å². The first-order valence-corrected chi connectivity index (χ1v) is 8.57. The second-order valence-corrected chi connectivity index (χ2v) is 6.41. The fraction of sp³-hybridized carbons (Fsp3) is 0.200. The Morgan fingerprint density at radius 3 is 2.26 bits per heavy atom. The monoisotopic (exact) mass is 443 g/mol. The Morgan fingerprint density at radius 2 is 1.68 bits per heavy atom. The zero-order valence-corrected chi connectivity index (χ0v) is 15.4. The van der Waals surface area contributed by atoms with Gasteiger partial charge in [-0.25, -0.2) is 14.2 Å². The lowest BCUT2D eigenvalue weighted by Crippen LogP contribution is -2.34. The first-order chi connectivity index (χ1) is 14.5. The van der Waals surface area contributed by atoms with Crippen LogP contribution in [0.3, 0.4) is 0 Å². The summed E-state index contributed by atoms with van der Waals surface area (Å²) in [6, 6.07) is 7.38. The van der Waals surface area contributed by atoms with Gasteiger partial charge in [0.1, 0.15) is 12.4 Å². The number of benzene rings is 2. The maximum Gasteiger partial charge on any atom is 0.407 e. The largest absolute Gasteiger partial charge is 0.439 e. The van der Waals surface area contributed by atoms with E-state index in [9.17, 15) is 30.7 Å². The quantitative estimate of drug-likeness (QED) is 0.328. The fourth-order valence-corrected chi connectivity index (χ4v) is 2.79. The SMILES string of the molecule is [C-]#[N+]c1ccc(N(Cc2ncc(-c3ccc(F)cc3)o2)CC(F)(F)F)cc1C(F)(F)F. The van der Waals surface area contributed by atoms with Gasteiger partial charge >= 0.3 is 12.4 Å². The zero-order chi connectivity index (χ0) is 22.8. The molecule has 0 radical (unpaired) electrons. The number of nitrogens with zero attached hydrogens (tertiary/aromatic N) is 3. The molecule has 1 aromatic heterocycles. The zero-order valence-electron chi connectivity index (χ0n) is 15.4. The molecule has 0 saturated heterocycles. The van der Waals surface area contributed by atoms with Crippen molar-refractivity contribution >= 4 is 11.4 Å². The highest BCUT2D eigenvalue weighted by Gasteiger charge is 2.36. The number of anilines is 1. The van der Waals surface area contributed by atoms with Crippen LogP contribution in [0, 0.1) is 12.4 Å². The molecule has 0 fully saturated rings. The number of alkyl halides is 6. The Hall–Kier alpha value is -3.55. The van der Waals surface area contributed by atoms with Crippen LogP contribution in [0.25, 0.3) is 16.2 Å². The van der Waals surface area contributed by atoms with E-state index in [1.807, 2.05) is 0 Å². The minimum absolute atomic E-state index is 0.154. The molecular weight excluding hydrogens is 431 g/mol. The van der Waals surface area contributed by atoms with Crippen molar-refractivity contribution in [2.45, 2.75) is 18.9 Å². The van der Waals surface area contributed by atoms with Crippen molar-refractivity contribution in [1.29, 1.82) is 0 Å². The molecule has 0 aliphatic rings. The Labute approximate surface area is 171 Å². The van der Waals surface area contributed by atoms with Crippen molar-refractivity contribution in [3.05, 3.63) is 77.3 Å². The predicted octanol–water partition coefficient (Wildman–Crippen LogP) is 6.62. The van der Waals surface area contributed by atoms with Gasteiger partial charge in [0.15, 0.2) is 11.4 Å². The molecule has 0 N–H and O–H groups in total. The molecule has 2 aromatic carbocycles. The van der Waals surface area contributed by atoms with E-state index < -0.39 is 48.2 Å². The van der Waals surface area contributed by atoms with Gasteiger partial charge < -0.3 is 9.32 Å². The molecule has 11 heteroatoms. The van der Waals surface area contributed by atoms with Gasteiger partial charge in [-0.2, -0.15) is 26.3 Å². The van der Waals surface area contributed by atoms with Gasteiger partial charge in [0.2, 0.25) is 5.89 Å². The third-order valence-corrected chi connectivity index (χ3v) is 4.15. The lowest BCUT2D eigenvalue weighted by molar-refractivity contribution is -0.136. The highest BCUT2D eigenvalue weighted by atomic mass is 19.4. The predicted molar refractivity (Wildman–Crippen MR) is 96.7 cm³/mol. The molecule has 0 amide bonds. The fourth-order valence-electron chi connectivity index (χ4n) is 2.79. The Morgan fingerprint density at radius 1 is 1.00 bits per heavy atom. The molecule has 162 valence electrons. The van der Waals surface area contributed by atoms with E-state index in [2.05, 4.69) is 9.83 Å². The standard InChI is InChI=1S/C20H12F7N3O/c1-28-16-7-6-14(8-15(16)20(25,26)27)30(11-19(22,23)24)10-18-29-9-17(31-18)12-2-4-13(21)5-3-12/h2-9H,10-11H2. The summed E-state index contributed by atoms with van der Waals surface area (Å²) in [5.74, 6) is -0.532. The van der Waals surface area contributed by atoms with Crippen LogP contribution >= 0.6 is 0 Å². The van der Waals surface area contributed by atoms with Crippen LogP contribution in [0.1, 0.15) is 11.5 Å². The van der Waals surface area contributed by atoms with E-state index in [0.29, 0.717) is 16.5 Å². The molecule has 0 spiro atoms. The molecule has 0 unspecified atom stereocenters. The number of hydrogen-bond donors (Lipinski definition) is 0. The summed E-state index contributed by atoms with van der Waals surface area (Å²) >= 11 is 0. The van der Waals surface area contributed by atoms with Gasteiger partial charge in [0.25, 0.3) is 0 Å². The van der Waals surface area contributed by atoms with E-state index in [4.69, 9.17) is 11.0 Å². The second-order valence-electron chi connectivity index (χ2n) is 6.41. The van der Waals surface area contributed by atoms with Gasteiger partial charge in [0.05, 0.1) is 24.9 Å². The normalized spacial score (nSPS) is 11.9. The molecule has 3 aromatic rings. The van der Waals surface area contributed by atoms with Crippen LogP contribution in [0.5, 0.6) is 0 Å². The molecule has 0 bridgehead atoms. The minimum Gasteiger partial charge on any atom is -0.439 e. The molecule has 4 nitrogen and oxygen atoms in total. The average Bonchev–Trinajstić information content (AvgIpc) is 3.14. The Balaban J connectivity index is 1.94. The Bertz CT molecular complexity index is 1100. The molecule has 0 aliphatic heterocycles. The summed E-state index contributed by atoms with van der Waals surface area (Å²) in [4.78, 5) is 7.26. The molecule has 31 heavy (non-hydrogen) atoms. The second kappa shape index (κ2) is 8.29. The summed E-state index contributed by atoms with van der Waals surface area (Å²) in [5, 5.41) is 0. The number of rotatable bonds is 5. The van der Waals surface area contributed by atoms with Crippen LogP contribution < -0.4 is 4.90 Å². The van der Waals surface area contributed by atoms with Crippen molar-refractivity contribution in [1.82, 2.24) is 4.98 Å². The smallest absolute Gasteiger partial charge is 0.407 e. The number of halogens is 7. The summed E-state index contributed by atoms with van der Waals surface area (Å²) in [5.41, 5.74) is -2.05. The first kappa shape index (κ1) is 22.1. The van der Waals surface area contributed by atoms with Crippen molar-refractivity contribution in [3.63, 3.8) is 0 Å². The molecule has 1 heterocycles. The Kier molecular flexibility index (Phi) is 5.92. The maximum atomic E-state index is 13.2.